The molecular formula is C15H20Br2O. The summed E-state index contributed by atoms with van der Waals surface area (Å²) in [5, 5.41) is 0.862. The van der Waals surface area contributed by atoms with Gasteiger partial charge < -0.3 is 4.74 Å². The molecule has 1 unspecified atom stereocenters. The van der Waals surface area contributed by atoms with E-state index in [2.05, 4.69) is 56.1 Å². The van der Waals surface area contributed by atoms with Crippen molar-refractivity contribution in [1.82, 2.24) is 0 Å². The molecule has 18 heavy (non-hydrogen) atoms. The molecule has 1 saturated carbocycles. The second kappa shape index (κ2) is 7.66. The Morgan fingerprint density at radius 1 is 1.11 bits per heavy atom. The van der Waals surface area contributed by atoms with Gasteiger partial charge in [-0.05, 0) is 36.5 Å². The zero-order valence-electron chi connectivity index (χ0n) is 10.6. The van der Waals surface area contributed by atoms with Gasteiger partial charge in [-0.25, -0.2) is 0 Å². The van der Waals surface area contributed by atoms with Gasteiger partial charge in [-0.15, -0.1) is 0 Å². The molecule has 1 aliphatic carbocycles. The van der Waals surface area contributed by atoms with E-state index in [0.29, 0.717) is 0 Å². The van der Waals surface area contributed by atoms with E-state index in [4.69, 9.17) is 4.74 Å². The lowest BCUT2D eigenvalue weighted by Crippen LogP contribution is -2.16. The summed E-state index contributed by atoms with van der Waals surface area (Å²) in [6.07, 6.45) is 7.03. The third-order valence-electron chi connectivity index (χ3n) is 3.64. The predicted molar refractivity (Wildman–Crippen MR) is 83.2 cm³/mol. The first-order valence-electron chi connectivity index (χ1n) is 6.72. The van der Waals surface area contributed by atoms with Gasteiger partial charge in [-0.3, -0.25) is 0 Å². The number of rotatable bonds is 5. The molecule has 0 heterocycles. The molecule has 2 rings (SSSR count). The van der Waals surface area contributed by atoms with E-state index in [9.17, 15) is 0 Å². The van der Waals surface area contributed by atoms with Crippen molar-refractivity contribution in [3.63, 3.8) is 0 Å². The van der Waals surface area contributed by atoms with Crippen LogP contribution in [0.4, 0.5) is 0 Å². The standard InChI is InChI=1S/C15H20Br2O/c16-10-15(13-6-8-14(17)9-7-13)18-11-12-4-2-1-3-5-12/h6-9,12,15H,1-5,10-11H2. The van der Waals surface area contributed by atoms with Crippen LogP contribution < -0.4 is 0 Å². The van der Waals surface area contributed by atoms with Gasteiger partial charge in [0.25, 0.3) is 0 Å². The third-order valence-corrected chi connectivity index (χ3v) is 4.76. The van der Waals surface area contributed by atoms with E-state index in [0.717, 1.165) is 22.3 Å². The van der Waals surface area contributed by atoms with E-state index in [-0.39, 0.29) is 6.10 Å². The first kappa shape index (κ1) is 14.5. The Hall–Kier alpha value is 0.140. The van der Waals surface area contributed by atoms with E-state index in [1.165, 1.54) is 37.7 Å². The Kier molecular flexibility index (Phi) is 6.19. The molecule has 0 N–H and O–H groups in total. The molecule has 3 heteroatoms. The first-order chi connectivity index (χ1) is 8.79. The van der Waals surface area contributed by atoms with Gasteiger partial charge in [0.2, 0.25) is 0 Å². The summed E-state index contributed by atoms with van der Waals surface area (Å²) in [7, 11) is 0. The number of benzene rings is 1. The maximum absolute atomic E-state index is 6.09. The predicted octanol–water partition coefficient (Wildman–Crippen LogP) is 5.48. The average Bonchev–Trinajstić information content (AvgIpc) is 2.42. The van der Waals surface area contributed by atoms with Crippen LogP contribution in [0, 0.1) is 5.92 Å². The topological polar surface area (TPSA) is 9.23 Å². The second-order valence-corrected chi connectivity index (χ2v) is 6.60. The summed E-state index contributed by atoms with van der Waals surface area (Å²) in [5.41, 5.74) is 1.26. The molecule has 0 aromatic heterocycles. The quantitative estimate of drug-likeness (QED) is 0.619. The number of hydrogen-bond donors (Lipinski definition) is 0. The van der Waals surface area contributed by atoms with E-state index in [1.54, 1.807) is 0 Å². The van der Waals surface area contributed by atoms with Crippen LogP contribution in [-0.4, -0.2) is 11.9 Å². The van der Waals surface area contributed by atoms with Crippen molar-refractivity contribution in [1.29, 1.82) is 0 Å². The van der Waals surface area contributed by atoms with Crippen LogP contribution in [0.1, 0.15) is 43.8 Å². The minimum absolute atomic E-state index is 0.181. The Labute approximate surface area is 127 Å². The van der Waals surface area contributed by atoms with Gasteiger partial charge in [0.05, 0.1) is 12.7 Å². The SMILES string of the molecule is BrCC(OCC1CCCCC1)c1ccc(Br)cc1. The van der Waals surface area contributed by atoms with Crippen molar-refractivity contribution < 1.29 is 4.74 Å². The number of alkyl halides is 1. The molecule has 1 aliphatic rings. The lowest BCUT2D eigenvalue weighted by Gasteiger charge is -2.24. The summed E-state index contributed by atoms with van der Waals surface area (Å²) >= 11 is 7.02. The maximum atomic E-state index is 6.09. The Bertz CT molecular complexity index is 344. The zero-order chi connectivity index (χ0) is 12.8. The number of ether oxygens (including phenoxy) is 1. The van der Waals surface area contributed by atoms with Crippen LogP contribution >= 0.6 is 31.9 Å². The normalized spacial score (nSPS) is 18.8. The smallest absolute Gasteiger partial charge is 0.0921 e. The molecule has 0 amide bonds. The van der Waals surface area contributed by atoms with Gasteiger partial charge in [-0.1, -0.05) is 63.3 Å². The van der Waals surface area contributed by atoms with Crippen molar-refractivity contribution >= 4 is 31.9 Å². The van der Waals surface area contributed by atoms with Gasteiger partial charge in [-0.2, -0.15) is 0 Å². The molecule has 0 bridgehead atoms. The van der Waals surface area contributed by atoms with Crippen molar-refractivity contribution in [2.24, 2.45) is 5.92 Å². The lowest BCUT2D eigenvalue weighted by atomic mass is 9.90. The molecule has 1 fully saturated rings. The van der Waals surface area contributed by atoms with Crippen LogP contribution in [0.15, 0.2) is 28.7 Å². The fraction of sp³-hybridized carbons (Fsp3) is 0.600. The molecule has 1 aromatic carbocycles. The van der Waals surface area contributed by atoms with Gasteiger partial charge in [0.15, 0.2) is 0 Å². The Morgan fingerprint density at radius 2 is 1.78 bits per heavy atom. The van der Waals surface area contributed by atoms with Crippen molar-refractivity contribution in [3.8, 4) is 0 Å². The highest BCUT2D eigenvalue weighted by molar-refractivity contribution is 9.10. The fourth-order valence-electron chi connectivity index (χ4n) is 2.51. The van der Waals surface area contributed by atoms with Crippen LogP contribution in [-0.2, 0) is 4.74 Å². The van der Waals surface area contributed by atoms with Crippen LogP contribution in [0.25, 0.3) is 0 Å². The van der Waals surface area contributed by atoms with Gasteiger partial charge in [0.1, 0.15) is 0 Å². The third kappa shape index (κ3) is 4.36. The van der Waals surface area contributed by atoms with Crippen LogP contribution in [0.2, 0.25) is 0 Å². The van der Waals surface area contributed by atoms with Gasteiger partial charge >= 0.3 is 0 Å². The fourth-order valence-corrected chi connectivity index (χ4v) is 3.34. The first-order valence-corrected chi connectivity index (χ1v) is 8.64. The highest BCUT2D eigenvalue weighted by Crippen LogP contribution is 2.27. The highest BCUT2D eigenvalue weighted by atomic mass is 79.9. The Morgan fingerprint density at radius 3 is 2.39 bits per heavy atom. The average molecular weight is 376 g/mol. The number of halogens is 2. The van der Waals surface area contributed by atoms with Crippen LogP contribution in [0.3, 0.4) is 0 Å². The molecule has 100 valence electrons. The van der Waals surface area contributed by atoms with E-state index in [1.807, 2.05) is 0 Å². The van der Waals surface area contributed by atoms with Crippen molar-refractivity contribution in [2.75, 3.05) is 11.9 Å². The molecule has 0 spiro atoms. The minimum Gasteiger partial charge on any atom is -0.372 e. The summed E-state index contributed by atoms with van der Waals surface area (Å²) in [5.74, 6) is 0.774. The molecule has 0 aliphatic heterocycles. The molecule has 1 nitrogen and oxygen atoms in total. The minimum atomic E-state index is 0.181. The highest BCUT2D eigenvalue weighted by Gasteiger charge is 2.17. The summed E-state index contributed by atoms with van der Waals surface area (Å²) in [6.45, 7) is 0.909. The van der Waals surface area contributed by atoms with Crippen molar-refractivity contribution in [3.05, 3.63) is 34.3 Å². The molecular weight excluding hydrogens is 356 g/mol. The monoisotopic (exact) mass is 374 g/mol. The summed E-state index contributed by atoms with van der Waals surface area (Å²) < 4.78 is 7.21. The van der Waals surface area contributed by atoms with Crippen molar-refractivity contribution in [2.45, 2.75) is 38.2 Å². The van der Waals surface area contributed by atoms with E-state index < -0.39 is 0 Å². The molecule has 1 atom stereocenters. The molecule has 0 radical (unpaired) electrons. The molecule has 0 saturated heterocycles. The second-order valence-electron chi connectivity index (χ2n) is 5.03. The number of hydrogen-bond acceptors (Lipinski definition) is 1. The maximum Gasteiger partial charge on any atom is 0.0921 e. The summed E-state index contributed by atoms with van der Waals surface area (Å²) in [4.78, 5) is 0. The lowest BCUT2D eigenvalue weighted by molar-refractivity contribution is 0.0336. The largest absolute Gasteiger partial charge is 0.372 e. The van der Waals surface area contributed by atoms with E-state index >= 15 is 0 Å². The van der Waals surface area contributed by atoms with Gasteiger partial charge in [0, 0.05) is 9.80 Å². The van der Waals surface area contributed by atoms with Crippen LogP contribution in [0.5, 0.6) is 0 Å². The Balaban J connectivity index is 1.86. The summed E-state index contributed by atoms with van der Waals surface area (Å²) in [6, 6.07) is 8.43. The zero-order valence-corrected chi connectivity index (χ0v) is 13.8. The molecule has 1 aromatic rings.